The second-order valence-corrected chi connectivity index (χ2v) is 7.44. The molecule has 0 saturated carbocycles. The molecular formula is C19H25NO6. The van der Waals surface area contributed by atoms with Crippen LogP contribution >= 0.6 is 0 Å². The second-order valence-electron chi connectivity index (χ2n) is 7.44. The number of carboxylic acid groups (broad SMARTS) is 1. The normalized spacial score (nSPS) is 15.7. The molecular weight excluding hydrogens is 338 g/mol. The van der Waals surface area contributed by atoms with Gasteiger partial charge in [0, 0.05) is 19.0 Å². The van der Waals surface area contributed by atoms with Crippen molar-refractivity contribution in [1.82, 2.24) is 4.90 Å². The van der Waals surface area contributed by atoms with Gasteiger partial charge in [0.2, 0.25) is 0 Å². The van der Waals surface area contributed by atoms with Gasteiger partial charge in [-0.1, -0.05) is 30.3 Å². The molecule has 1 aromatic rings. The first-order chi connectivity index (χ1) is 12.2. The van der Waals surface area contributed by atoms with Gasteiger partial charge < -0.3 is 19.5 Å². The van der Waals surface area contributed by atoms with E-state index >= 15 is 0 Å². The molecule has 0 radical (unpaired) electrons. The fourth-order valence-electron chi connectivity index (χ4n) is 2.75. The van der Waals surface area contributed by atoms with Crippen LogP contribution < -0.4 is 0 Å². The topological polar surface area (TPSA) is 93.1 Å². The number of carbonyl (C=O) groups is 3. The lowest BCUT2D eigenvalue weighted by atomic mass is 9.84. The lowest BCUT2D eigenvalue weighted by Crippen LogP contribution is -2.54. The summed E-state index contributed by atoms with van der Waals surface area (Å²) in [6.07, 6.45) is -0.684. The Kier molecular flexibility index (Phi) is 6.23. The van der Waals surface area contributed by atoms with Gasteiger partial charge in [-0.3, -0.25) is 9.59 Å². The van der Waals surface area contributed by atoms with Crippen molar-refractivity contribution in [2.75, 3.05) is 13.1 Å². The first kappa shape index (κ1) is 19.8. The number of rotatable bonds is 6. The van der Waals surface area contributed by atoms with E-state index in [0.29, 0.717) is 0 Å². The predicted molar refractivity (Wildman–Crippen MR) is 93.3 cm³/mol. The Balaban J connectivity index is 1.80. The number of nitrogens with zero attached hydrogens (tertiary/aromatic N) is 1. The number of carbonyl (C=O) groups excluding carboxylic acids is 2. The molecule has 1 fully saturated rings. The van der Waals surface area contributed by atoms with Crippen molar-refractivity contribution in [3.63, 3.8) is 0 Å². The first-order valence-electron chi connectivity index (χ1n) is 8.56. The zero-order chi connectivity index (χ0) is 19.3. The summed E-state index contributed by atoms with van der Waals surface area (Å²) in [5.74, 6) is -2.76. The molecule has 1 unspecified atom stereocenters. The van der Waals surface area contributed by atoms with Crippen LogP contribution in [0.25, 0.3) is 0 Å². The van der Waals surface area contributed by atoms with Crippen LogP contribution in [0, 0.1) is 11.8 Å². The fraction of sp³-hybridized carbons (Fsp3) is 0.526. The molecule has 1 aromatic carbocycles. The smallest absolute Gasteiger partial charge is 0.410 e. The Morgan fingerprint density at radius 1 is 1.19 bits per heavy atom. The van der Waals surface area contributed by atoms with Gasteiger partial charge in [-0.25, -0.2) is 4.79 Å². The Hall–Kier alpha value is -2.57. The minimum absolute atomic E-state index is 0.168. The van der Waals surface area contributed by atoms with Crippen LogP contribution in [0.3, 0.4) is 0 Å². The highest BCUT2D eigenvalue weighted by atomic mass is 16.6. The number of hydrogen-bond acceptors (Lipinski definition) is 5. The van der Waals surface area contributed by atoms with Crippen LogP contribution in [0.4, 0.5) is 4.79 Å². The van der Waals surface area contributed by atoms with Gasteiger partial charge in [-0.05, 0) is 26.3 Å². The summed E-state index contributed by atoms with van der Waals surface area (Å²) in [6, 6.07) is 9.30. The van der Waals surface area contributed by atoms with Crippen LogP contribution in [0.5, 0.6) is 0 Å². The molecule has 1 saturated heterocycles. The van der Waals surface area contributed by atoms with Crippen molar-refractivity contribution in [2.24, 2.45) is 11.8 Å². The van der Waals surface area contributed by atoms with Gasteiger partial charge in [-0.2, -0.15) is 0 Å². The zero-order valence-electron chi connectivity index (χ0n) is 15.3. The summed E-state index contributed by atoms with van der Waals surface area (Å²) in [5.41, 5.74) is 0.221. The largest absolute Gasteiger partial charge is 0.481 e. The minimum Gasteiger partial charge on any atom is -0.481 e. The summed E-state index contributed by atoms with van der Waals surface area (Å²) < 4.78 is 10.4. The third-order valence-corrected chi connectivity index (χ3v) is 4.07. The number of hydrogen-bond donors (Lipinski definition) is 1. The lowest BCUT2D eigenvalue weighted by Gasteiger charge is -2.41. The third kappa shape index (κ3) is 5.75. The molecule has 1 aliphatic rings. The van der Waals surface area contributed by atoms with Gasteiger partial charge in [-0.15, -0.1) is 0 Å². The lowest BCUT2D eigenvalue weighted by molar-refractivity contribution is -0.162. The monoisotopic (exact) mass is 363 g/mol. The molecule has 0 bridgehead atoms. The summed E-state index contributed by atoms with van der Waals surface area (Å²) >= 11 is 0. The van der Waals surface area contributed by atoms with Crippen molar-refractivity contribution in [2.45, 2.75) is 39.4 Å². The van der Waals surface area contributed by atoms with Gasteiger partial charge in [0.05, 0.1) is 12.3 Å². The molecule has 7 heteroatoms. The fourth-order valence-corrected chi connectivity index (χ4v) is 2.75. The zero-order valence-corrected chi connectivity index (χ0v) is 15.3. The molecule has 1 heterocycles. The molecule has 0 aromatic heterocycles. The maximum absolute atomic E-state index is 12.0. The summed E-state index contributed by atoms with van der Waals surface area (Å²) in [7, 11) is 0. The highest BCUT2D eigenvalue weighted by molar-refractivity contribution is 5.80. The number of esters is 1. The maximum Gasteiger partial charge on any atom is 0.410 e. The minimum atomic E-state index is -1.06. The number of benzene rings is 1. The molecule has 2 rings (SSSR count). The molecule has 26 heavy (non-hydrogen) atoms. The quantitative estimate of drug-likeness (QED) is 0.781. The standard InChI is InChI=1S/C19H25NO6/c1-19(2,3)26-16(21)9-15(17(22)23)14-10-20(11-14)18(24)25-12-13-7-5-4-6-8-13/h4-8,14-15H,9-12H2,1-3H3,(H,22,23). The van der Waals surface area contributed by atoms with Crippen molar-refractivity contribution in [3.05, 3.63) is 35.9 Å². The van der Waals surface area contributed by atoms with E-state index in [1.54, 1.807) is 20.8 Å². The number of likely N-dealkylation sites (tertiary alicyclic amines) is 1. The molecule has 1 atom stereocenters. The van der Waals surface area contributed by atoms with Gasteiger partial charge >= 0.3 is 18.0 Å². The van der Waals surface area contributed by atoms with Crippen molar-refractivity contribution < 1.29 is 29.0 Å². The van der Waals surface area contributed by atoms with Crippen LogP contribution in [-0.4, -0.2) is 46.7 Å². The van der Waals surface area contributed by atoms with E-state index in [0.717, 1.165) is 5.56 Å². The summed E-state index contributed by atoms with van der Waals surface area (Å²) in [6.45, 7) is 5.87. The predicted octanol–water partition coefficient (Wildman–Crippen LogP) is 2.69. The molecule has 0 spiro atoms. The Morgan fingerprint density at radius 2 is 1.81 bits per heavy atom. The highest BCUT2D eigenvalue weighted by Crippen LogP contribution is 2.28. The second kappa shape index (κ2) is 8.21. The third-order valence-electron chi connectivity index (χ3n) is 4.07. The van der Waals surface area contributed by atoms with Crippen molar-refractivity contribution >= 4 is 18.0 Å². The highest BCUT2D eigenvalue weighted by Gasteiger charge is 2.41. The molecule has 0 aliphatic carbocycles. The molecule has 1 amide bonds. The Bertz CT molecular complexity index is 646. The van der Waals surface area contributed by atoms with E-state index in [-0.39, 0.29) is 32.0 Å². The van der Waals surface area contributed by atoms with Crippen LogP contribution in [0.2, 0.25) is 0 Å². The first-order valence-corrected chi connectivity index (χ1v) is 8.56. The van der Waals surface area contributed by atoms with E-state index in [1.165, 1.54) is 4.90 Å². The van der Waals surface area contributed by atoms with Crippen LogP contribution in [0.15, 0.2) is 30.3 Å². The Labute approximate surface area is 152 Å². The maximum atomic E-state index is 12.0. The van der Waals surface area contributed by atoms with Crippen molar-refractivity contribution in [3.8, 4) is 0 Å². The average molecular weight is 363 g/mol. The molecule has 1 aliphatic heterocycles. The molecule has 7 nitrogen and oxygen atoms in total. The molecule has 1 N–H and O–H groups in total. The van der Waals surface area contributed by atoms with Gasteiger partial charge in [0.15, 0.2) is 0 Å². The summed E-state index contributed by atoms with van der Waals surface area (Å²) in [4.78, 5) is 36.8. The Morgan fingerprint density at radius 3 is 2.35 bits per heavy atom. The number of carboxylic acids is 1. The number of amides is 1. The van der Waals surface area contributed by atoms with E-state index in [2.05, 4.69) is 0 Å². The van der Waals surface area contributed by atoms with E-state index in [1.807, 2.05) is 30.3 Å². The van der Waals surface area contributed by atoms with Gasteiger partial charge in [0.1, 0.15) is 12.2 Å². The average Bonchev–Trinajstić information content (AvgIpc) is 2.49. The van der Waals surface area contributed by atoms with Gasteiger partial charge in [0.25, 0.3) is 0 Å². The van der Waals surface area contributed by atoms with Crippen LogP contribution in [0.1, 0.15) is 32.8 Å². The van der Waals surface area contributed by atoms with E-state index in [9.17, 15) is 19.5 Å². The van der Waals surface area contributed by atoms with Crippen LogP contribution in [-0.2, 0) is 25.7 Å². The number of ether oxygens (including phenoxy) is 2. The summed E-state index contributed by atoms with van der Waals surface area (Å²) in [5, 5.41) is 9.39. The van der Waals surface area contributed by atoms with E-state index in [4.69, 9.17) is 9.47 Å². The van der Waals surface area contributed by atoms with Crippen molar-refractivity contribution in [1.29, 1.82) is 0 Å². The van der Waals surface area contributed by atoms with E-state index < -0.39 is 29.6 Å². The molecule has 142 valence electrons. The SMILES string of the molecule is CC(C)(C)OC(=O)CC(C(=O)O)C1CN(C(=O)OCc2ccccc2)C1. The number of aliphatic carboxylic acids is 1.